The summed E-state index contributed by atoms with van der Waals surface area (Å²) in [4.78, 5) is 11.4. The molecule has 4 rings (SSSR count). The lowest BCUT2D eigenvalue weighted by molar-refractivity contribution is -0.137. The molecular formula is C27H22F5NO2. The maximum absolute atomic E-state index is 14.1. The molecule has 8 heteroatoms. The predicted molar refractivity (Wildman–Crippen MR) is 124 cm³/mol. The number of hydrogen-bond acceptors (Lipinski definition) is 2. The van der Waals surface area contributed by atoms with Crippen molar-refractivity contribution in [1.29, 1.82) is 0 Å². The van der Waals surface area contributed by atoms with Crippen LogP contribution >= 0.6 is 0 Å². The highest BCUT2D eigenvalue weighted by atomic mass is 19.4. The van der Waals surface area contributed by atoms with Crippen LogP contribution in [0.25, 0.3) is 11.1 Å². The Kier molecular flexibility index (Phi) is 6.91. The first-order valence-electron chi connectivity index (χ1n) is 11.0. The Bertz CT molecular complexity index is 1300. The van der Waals surface area contributed by atoms with E-state index in [4.69, 9.17) is 4.74 Å². The third-order valence-electron chi connectivity index (χ3n) is 5.78. The molecule has 1 N–H and O–H groups in total. The number of benzene rings is 3. The first kappa shape index (κ1) is 24.4. The van der Waals surface area contributed by atoms with Crippen molar-refractivity contribution in [2.75, 3.05) is 5.32 Å². The molecule has 0 fully saturated rings. The zero-order valence-electron chi connectivity index (χ0n) is 18.8. The molecule has 3 aromatic rings. The van der Waals surface area contributed by atoms with Crippen molar-refractivity contribution in [1.82, 2.24) is 0 Å². The topological polar surface area (TPSA) is 38.3 Å². The fourth-order valence-corrected chi connectivity index (χ4v) is 4.21. The van der Waals surface area contributed by atoms with Gasteiger partial charge in [0.1, 0.15) is 24.0 Å². The van der Waals surface area contributed by atoms with Gasteiger partial charge in [-0.15, -0.1) is 0 Å². The summed E-state index contributed by atoms with van der Waals surface area (Å²) in [6, 6.07) is 13.4. The van der Waals surface area contributed by atoms with Gasteiger partial charge in [-0.05, 0) is 78.4 Å². The van der Waals surface area contributed by atoms with Crippen molar-refractivity contribution in [2.24, 2.45) is 0 Å². The Morgan fingerprint density at radius 3 is 2.46 bits per heavy atom. The minimum Gasteiger partial charge on any atom is -0.488 e. The Morgan fingerprint density at radius 2 is 1.74 bits per heavy atom. The summed E-state index contributed by atoms with van der Waals surface area (Å²) in [6.45, 7) is 1.12. The summed E-state index contributed by atoms with van der Waals surface area (Å²) in [5, 5.41) is 2.71. The van der Waals surface area contributed by atoms with Crippen LogP contribution in [-0.2, 0) is 17.6 Å². The highest BCUT2D eigenvalue weighted by Crippen LogP contribution is 2.45. The molecule has 0 heterocycles. The smallest absolute Gasteiger partial charge is 0.416 e. The number of carbonyl (C=O) groups excluding carboxylic acids is 1. The third-order valence-corrected chi connectivity index (χ3v) is 5.78. The summed E-state index contributed by atoms with van der Waals surface area (Å²) >= 11 is 0. The summed E-state index contributed by atoms with van der Waals surface area (Å²) in [7, 11) is 0. The molecule has 0 bridgehead atoms. The van der Waals surface area contributed by atoms with E-state index in [-0.39, 0.29) is 29.4 Å². The van der Waals surface area contributed by atoms with Crippen molar-refractivity contribution < 1.29 is 31.5 Å². The lowest BCUT2D eigenvalue weighted by atomic mass is 9.94. The zero-order chi connectivity index (χ0) is 25.2. The van der Waals surface area contributed by atoms with Crippen LogP contribution in [0, 0.1) is 11.6 Å². The van der Waals surface area contributed by atoms with Gasteiger partial charge in [0, 0.05) is 29.8 Å². The minimum absolute atomic E-state index is 0.0841. The number of anilines is 1. The quantitative estimate of drug-likeness (QED) is 0.363. The number of alkyl halides is 3. The van der Waals surface area contributed by atoms with Gasteiger partial charge in [0.15, 0.2) is 0 Å². The van der Waals surface area contributed by atoms with Gasteiger partial charge in [0.25, 0.3) is 0 Å². The molecule has 1 aliphatic rings. The Hall–Kier alpha value is -3.68. The van der Waals surface area contributed by atoms with Gasteiger partial charge in [0.2, 0.25) is 5.91 Å². The van der Waals surface area contributed by atoms with E-state index in [2.05, 4.69) is 5.32 Å². The molecule has 3 nitrogen and oxygen atoms in total. The molecule has 0 saturated heterocycles. The molecule has 0 atom stereocenters. The van der Waals surface area contributed by atoms with E-state index < -0.39 is 23.4 Å². The molecule has 0 unspecified atom stereocenters. The Labute approximate surface area is 199 Å². The van der Waals surface area contributed by atoms with Gasteiger partial charge in [0.05, 0.1) is 5.56 Å². The Morgan fingerprint density at radius 1 is 0.971 bits per heavy atom. The van der Waals surface area contributed by atoms with Crippen molar-refractivity contribution in [2.45, 2.75) is 39.0 Å². The number of rotatable bonds is 6. The minimum atomic E-state index is -4.55. The normalized spacial score (nSPS) is 13.8. The molecule has 1 amide bonds. The standard InChI is InChI=1S/C27H22F5NO2/c1-16(34)33-21-5-2-4-17(12-21)22-6-3-7-23(22)24-13-19(27(30,31)32)9-11-26(24)35-15-18-8-10-20(28)14-25(18)29/h2,4-5,8-14H,3,6-7,15H2,1H3,(H,33,34). The second-order valence-electron chi connectivity index (χ2n) is 8.31. The van der Waals surface area contributed by atoms with Gasteiger partial charge >= 0.3 is 6.18 Å². The maximum Gasteiger partial charge on any atom is 0.416 e. The van der Waals surface area contributed by atoms with Crippen LogP contribution in [-0.4, -0.2) is 5.91 Å². The number of hydrogen-bond donors (Lipinski definition) is 1. The second-order valence-corrected chi connectivity index (χ2v) is 8.31. The van der Waals surface area contributed by atoms with Crippen molar-refractivity contribution >= 4 is 22.7 Å². The lowest BCUT2D eigenvalue weighted by Crippen LogP contribution is -2.07. The molecule has 182 valence electrons. The van der Waals surface area contributed by atoms with Crippen LogP contribution in [0.3, 0.4) is 0 Å². The number of amides is 1. The SMILES string of the molecule is CC(=O)Nc1cccc(C2=C(c3cc(C(F)(F)F)ccc3OCc3ccc(F)cc3F)CCC2)c1. The monoisotopic (exact) mass is 487 g/mol. The van der Waals surface area contributed by atoms with Crippen LogP contribution in [0.2, 0.25) is 0 Å². The lowest BCUT2D eigenvalue weighted by Gasteiger charge is -2.17. The average molecular weight is 487 g/mol. The molecule has 0 saturated carbocycles. The maximum atomic E-state index is 14.1. The van der Waals surface area contributed by atoms with Crippen molar-refractivity contribution in [3.63, 3.8) is 0 Å². The second kappa shape index (κ2) is 9.90. The fraction of sp³-hybridized carbons (Fsp3) is 0.222. The fourth-order valence-electron chi connectivity index (χ4n) is 4.21. The largest absolute Gasteiger partial charge is 0.488 e. The van der Waals surface area contributed by atoms with Gasteiger partial charge < -0.3 is 10.1 Å². The number of halogens is 5. The van der Waals surface area contributed by atoms with Crippen molar-refractivity contribution in [3.8, 4) is 5.75 Å². The molecule has 0 aliphatic heterocycles. The van der Waals surface area contributed by atoms with Gasteiger partial charge in [-0.3, -0.25) is 4.79 Å². The van der Waals surface area contributed by atoms with Crippen LogP contribution in [0.15, 0.2) is 60.7 Å². The number of nitrogens with one attached hydrogen (secondary N) is 1. The zero-order valence-corrected chi connectivity index (χ0v) is 18.8. The number of ether oxygens (including phenoxy) is 1. The number of carbonyl (C=O) groups is 1. The van der Waals surface area contributed by atoms with Gasteiger partial charge in [-0.25, -0.2) is 8.78 Å². The van der Waals surface area contributed by atoms with E-state index >= 15 is 0 Å². The van der Waals surface area contributed by atoms with Crippen LogP contribution in [0.1, 0.15) is 48.4 Å². The molecule has 1 aliphatic carbocycles. The van der Waals surface area contributed by atoms with Gasteiger partial charge in [-0.1, -0.05) is 12.1 Å². The molecule has 3 aromatic carbocycles. The van der Waals surface area contributed by atoms with E-state index in [0.29, 0.717) is 24.1 Å². The average Bonchev–Trinajstić information content (AvgIpc) is 3.27. The van der Waals surface area contributed by atoms with E-state index in [1.54, 1.807) is 18.2 Å². The van der Waals surface area contributed by atoms with E-state index in [1.165, 1.54) is 19.1 Å². The summed E-state index contributed by atoms with van der Waals surface area (Å²) < 4.78 is 73.7. The van der Waals surface area contributed by atoms with E-state index in [1.807, 2.05) is 6.07 Å². The number of allylic oxidation sites excluding steroid dienone is 2. The summed E-state index contributed by atoms with van der Waals surface area (Å²) in [5.41, 5.74) is 2.47. The molecule has 0 spiro atoms. The first-order valence-corrected chi connectivity index (χ1v) is 11.0. The Balaban J connectivity index is 1.76. The van der Waals surface area contributed by atoms with E-state index in [9.17, 15) is 26.7 Å². The predicted octanol–water partition coefficient (Wildman–Crippen LogP) is 7.62. The molecular weight excluding hydrogens is 465 g/mol. The first-order chi connectivity index (χ1) is 16.6. The van der Waals surface area contributed by atoms with Crippen LogP contribution < -0.4 is 10.1 Å². The highest BCUT2D eigenvalue weighted by Gasteiger charge is 2.32. The van der Waals surface area contributed by atoms with Crippen molar-refractivity contribution in [3.05, 3.63) is 94.6 Å². The summed E-state index contributed by atoms with van der Waals surface area (Å²) in [6.07, 6.45) is -2.65. The van der Waals surface area contributed by atoms with Gasteiger partial charge in [-0.2, -0.15) is 13.2 Å². The molecule has 0 radical (unpaired) electrons. The third kappa shape index (κ3) is 5.70. The van der Waals surface area contributed by atoms with Crippen LogP contribution in [0.4, 0.5) is 27.6 Å². The van der Waals surface area contributed by atoms with E-state index in [0.717, 1.165) is 41.8 Å². The highest BCUT2D eigenvalue weighted by molar-refractivity contribution is 5.96. The molecule has 35 heavy (non-hydrogen) atoms. The van der Waals surface area contributed by atoms with Crippen LogP contribution in [0.5, 0.6) is 5.75 Å². The summed E-state index contributed by atoms with van der Waals surface area (Å²) in [5.74, 6) is -1.59. The molecule has 0 aromatic heterocycles.